The summed E-state index contributed by atoms with van der Waals surface area (Å²) in [6.07, 6.45) is 0.872. The first-order chi connectivity index (χ1) is 13.6. The number of rotatable bonds is 7. The van der Waals surface area contributed by atoms with E-state index in [1.54, 1.807) is 27.8 Å². The lowest BCUT2D eigenvalue weighted by Crippen LogP contribution is -2.10. The Hall–Kier alpha value is -3.04. The summed E-state index contributed by atoms with van der Waals surface area (Å²) < 4.78 is 10.0. The Labute approximate surface area is 168 Å². The average Bonchev–Trinajstić information content (AvgIpc) is 2.72. The van der Waals surface area contributed by atoms with Gasteiger partial charge in [0.2, 0.25) is 0 Å². The maximum Gasteiger partial charge on any atom is 0.514 e. The van der Waals surface area contributed by atoms with Gasteiger partial charge >= 0.3 is 6.16 Å². The van der Waals surface area contributed by atoms with Gasteiger partial charge in [-0.05, 0) is 52.8 Å². The molecule has 3 rings (SSSR count). The van der Waals surface area contributed by atoms with Gasteiger partial charge in [-0.15, -0.1) is 0 Å². The van der Waals surface area contributed by atoms with Crippen molar-refractivity contribution in [2.75, 3.05) is 0 Å². The average molecular weight is 414 g/mol. The van der Waals surface area contributed by atoms with E-state index in [0.717, 1.165) is 15.5 Å². The molecule has 9 heteroatoms. The summed E-state index contributed by atoms with van der Waals surface area (Å²) in [4.78, 5) is 27.1. The van der Waals surface area contributed by atoms with Gasteiger partial charge in [0.25, 0.3) is 5.69 Å². The minimum atomic E-state index is -0.877. The predicted octanol–water partition coefficient (Wildman–Crippen LogP) is 5.50. The monoisotopic (exact) mass is 414 g/mol. The molecule has 2 aromatic carbocycles. The Kier molecular flexibility index (Phi) is 6.88. The molecule has 1 heterocycles. The highest BCUT2D eigenvalue weighted by Crippen LogP contribution is 2.36. The molecule has 3 aromatic rings. The van der Waals surface area contributed by atoms with E-state index in [9.17, 15) is 14.9 Å². The highest BCUT2D eigenvalue weighted by molar-refractivity contribution is 8.76. The number of nitro benzene ring substituents is 1. The first-order valence-electron chi connectivity index (χ1n) is 8.04. The van der Waals surface area contributed by atoms with Gasteiger partial charge in [0, 0.05) is 23.2 Å². The molecule has 28 heavy (non-hydrogen) atoms. The normalized spacial score (nSPS) is 10.3. The van der Waals surface area contributed by atoms with Crippen LogP contribution in [0.15, 0.2) is 82.8 Å². The van der Waals surface area contributed by atoms with Crippen molar-refractivity contribution in [1.82, 2.24) is 4.98 Å². The zero-order valence-corrected chi connectivity index (χ0v) is 16.0. The number of pyridine rings is 1. The molecule has 0 aliphatic carbocycles. The molecule has 0 amide bonds. The van der Waals surface area contributed by atoms with Crippen LogP contribution in [0.2, 0.25) is 0 Å². The first kappa shape index (κ1) is 19.7. The van der Waals surface area contributed by atoms with Crippen LogP contribution in [-0.2, 0) is 11.3 Å². The zero-order valence-electron chi connectivity index (χ0n) is 14.4. The van der Waals surface area contributed by atoms with Gasteiger partial charge in [0.05, 0.1) is 4.92 Å². The van der Waals surface area contributed by atoms with E-state index >= 15 is 0 Å². The van der Waals surface area contributed by atoms with E-state index < -0.39 is 11.1 Å². The van der Waals surface area contributed by atoms with Gasteiger partial charge in [-0.3, -0.25) is 10.1 Å². The Bertz CT molecular complexity index is 935. The Morgan fingerprint density at radius 1 is 1.00 bits per heavy atom. The van der Waals surface area contributed by atoms with Crippen molar-refractivity contribution >= 4 is 33.4 Å². The lowest BCUT2D eigenvalue weighted by Gasteiger charge is -2.07. The van der Waals surface area contributed by atoms with E-state index in [1.165, 1.54) is 24.3 Å². The molecule has 0 saturated heterocycles. The first-order valence-corrected chi connectivity index (χ1v) is 10.2. The maximum atomic E-state index is 11.7. The fraction of sp³-hybridized carbons (Fsp3) is 0.0526. The largest absolute Gasteiger partial charge is 0.514 e. The second-order valence-corrected chi connectivity index (χ2v) is 7.59. The van der Waals surface area contributed by atoms with Gasteiger partial charge in [-0.25, -0.2) is 9.78 Å². The minimum Gasteiger partial charge on any atom is -0.429 e. The second-order valence-electron chi connectivity index (χ2n) is 5.37. The van der Waals surface area contributed by atoms with Gasteiger partial charge in [-0.1, -0.05) is 29.0 Å². The Balaban J connectivity index is 1.45. The van der Waals surface area contributed by atoms with Crippen molar-refractivity contribution in [3.63, 3.8) is 0 Å². The number of aromatic nitrogens is 1. The van der Waals surface area contributed by atoms with E-state index in [-0.39, 0.29) is 18.0 Å². The number of benzene rings is 2. The van der Waals surface area contributed by atoms with Crippen LogP contribution in [0, 0.1) is 10.1 Å². The number of hydrogen-bond acceptors (Lipinski definition) is 8. The minimum absolute atomic E-state index is 0.0597. The molecule has 0 fully saturated rings. The lowest BCUT2D eigenvalue weighted by molar-refractivity contribution is -0.384. The van der Waals surface area contributed by atoms with Crippen LogP contribution in [-0.4, -0.2) is 16.1 Å². The standard InChI is InChI=1S/C19H14N2O5S2/c22-19(26-16-8-6-15(7-9-16)21(23)24)25-13-14-4-10-17(11-5-14)27-28-18-3-1-2-12-20-18/h1-12H,13H2. The summed E-state index contributed by atoms with van der Waals surface area (Å²) in [5.41, 5.74) is 0.729. The smallest absolute Gasteiger partial charge is 0.429 e. The number of nitro groups is 1. The van der Waals surface area contributed by atoms with Crippen LogP contribution in [0.3, 0.4) is 0 Å². The maximum absolute atomic E-state index is 11.7. The molecule has 0 radical (unpaired) electrons. The number of non-ortho nitro benzene ring substituents is 1. The summed E-state index contributed by atoms with van der Waals surface area (Å²) in [5.74, 6) is 0.175. The molecule has 0 bridgehead atoms. The molecule has 7 nitrogen and oxygen atoms in total. The molecular formula is C19H14N2O5S2. The molecule has 0 aliphatic rings. The molecule has 0 N–H and O–H groups in total. The van der Waals surface area contributed by atoms with E-state index in [1.807, 2.05) is 42.5 Å². The number of carbonyl (C=O) groups excluding carboxylic acids is 1. The van der Waals surface area contributed by atoms with Crippen LogP contribution in [0.4, 0.5) is 10.5 Å². The van der Waals surface area contributed by atoms with Crippen molar-refractivity contribution < 1.29 is 19.2 Å². The highest BCUT2D eigenvalue weighted by atomic mass is 33.1. The molecular weight excluding hydrogens is 400 g/mol. The van der Waals surface area contributed by atoms with Crippen LogP contribution in [0.5, 0.6) is 5.75 Å². The lowest BCUT2D eigenvalue weighted by atomic mass is 10.2. The van der Waals surface area contributed by atoms with E-state index in [4.69, 9.17) is 9.47 Å². The number of carbonyl (C=O) groups is 1. The number of hydrogen-bond donors (Lipinski definition) is 0. The molecule has 0 saturated carbocycles. The molecule has 0 spiro atoms. The van der Waals surface area contributed by atoms with Gasteiger partial charge < -0.3 is 9.47 Å². The highest BCUT2D eigenvalue weighted by Gasteiger charge is 2.09. The topological polar surface area (TPSA) is 91.6 Å². The number of ether oxygens (including phenoxy) is 2. The van der Waals surface area contributed by atoms with Crippen LogP contribution in [0.1, 0.15) is 5.56 Å². The van der Waals surface area contributed by atoms with E-state index in [2.05, 4.69) is 4.98 Å². The van der Waals surface area contributed by atoms with Gasteiger partial charge in [0.1, 0.15) is 17.4 Å². The Morgan fingerprint density at radius 2 is 1.75 bits per heavy atom. The fourth-order valence-electron chi connectivity index (χ4n) is 2.03. The fourth-order valence-corrected chi connectivity index (χ4v) is 3.87. The van der Waals surface area contributed by atoms with Crippen molar-refractivity contribution in [3.05, 3.63) is 88.6 Å². The molecule has 0 unspecified atom stereocenters. The SMILES string of the molecule is O=C(OCc1ccc(SSc2ccccn2)cc1)Oc1ccc([N+](=O)[O-])cc1. The summed E-state index contributed by atoms with van der Waals surface area (Å²) in [5, 5.41) is 11.5. The zero-order chi connectivity index (χ0) is 19.8. The third-order valence-electron chi connectivity index (χ3n) is 3.39. The molecule has 0 atom stereocenters. The summed E-state index contributed by atoms with van der Waals surface area (Å²) in [6, 6.07) is 18.5. The second kappa shape index (κ2) is 9.77. The third kappa shape index (κ3) is 6.00. The molecule has 0 aliphatic heterocycles. The molecule has 1 aromatic heterocycles. The van der Waals surface area contributed by atoms with Crippen LogP contribution >= 0.6 is 21.6 Å². The quantitative estimate of drug-likeness (QED) is 0.164. The number of nitrogens with zero attached hydrogens (tertiary/aromatic N) is 2. The van der Waals surface area contributed by atoms with E-state index in [0.29, 0.717) is 0 Å². The summed E-state index contributed by atoms with van der Waals surface area (Å²) in [7, 11) is 3.14. The van der Waals surface area contributed by atoms with Crippen molar-refractivity contribution in [3.8, 4) is 5.75 Å². The van der Waals surface area contributed by atoms with Gasteiger partial charge in [0.15, 0.2) is 0 Å². The third-order valence-corrected chi connectivity index (χ3v) is 5.69. The Morgan fingerprint density at radius 3 is 2.39 bits per heavy atom. The molecule has 142 valence electrons. The summed E-state index contributed by atoms with van der Waals surface area (Å²) >= 11 is 0. The summed E-state index contributed by atoms with van der Waals surface area (Å²) in [6.45, 7) is 0.0597. The van der Waals surface area contributed by atoms with Crippen LogP contribution < -0.4 is 4.74 Å². The van der Waals surface area contributed by atoms with Crippen LogP contribution in [0.25, 0.3) is 0 Å². The van der Waals surface area contributed by atoms with Crippen molar-refractivity contribution in [1.29, 1.82) is 0 Å². The van der Waals surface area contributed by atoms with Crippen molar-refractivity contribution in [2.24, 2.45) is 0 Å². The van der Waals surface area contributed by atoms with Gasteiger partial charge in [-0.2, -0.15) is 0 Å². The van der Waals surface area contributed by atoms with Crippen molar-refractivity contribution in [2.45, 2.75) is 16.5 Å². The predicted molar refractivity (Wildman–Crippen MR) is 106 cm³/mol.